The second-order valence-corrected chi connectivity index (χ2v) is 6.27. The van der Waals surface area contributed by atoms with Gasteiger partial charge < -0.3 is 10.2 Å². The van der Waals surface area contributed by atoms with Crippen LogP contribution < -0.4 is 10.9 Å². The Morgan fingerprint density at radius 2 is 1.04 bits per heavy atom. The number of amides is 2. The molecule has 0 unspecified atom stereocenters. The first-order valence-electron chi connectivity index (χ1n) is 8.82. The van der Waals surface area contributed by atoms with Crippen LogP contribution >= 0.6 is 0 Å². The van der Waals surface area contributed by atoms with Gasteiger partial charge in [0, 0.05) is 11.4 Å². The van der Waals surface area contributed by atoms with Crippen molar-refractivity contribution in [3.05, 3.63) is 59.7 Å². The largest absolute Gasteiger partial charge is 0.507 e. The number of rotatable bonds is 4. The van der Waals surface area contributed by atoms with E-state index in [1.54, 1.807) is 24.3 Å². The van der Waals surface area contributed by atoms with Gasteiger partial charge in [-0.1, -0.05) is 24.3 Å². The minimum Gasteiger partial charge on any atom is -0.507 e. The van der Waals surface area contributed by atoms with E-state index in [1.807, 2.05) is 0 Å². The highest BCUT2D eigenvalue weighted by Crippen LogP contribution is 2.17. The molecule has 8 heteroatoms. The smallest absolute Gasteiger partial charge is 0.275 e. The number of carbonyl (C=O) groups is 2. The lowest BCUT2D eigenvalue weighted by molar-refractivity contribution is 0.0943. The first kappa shape index (κ1) is 19.1. The van der Waals surface area contributed by atoms with Crippen molar-refractivity contribution in [2.75, 3.05) is 0 Å². The van der Waals surface area contributed by atoms with Gasteiger partial charge in [-0.3, -0.25) is 9.59 Å². The fraction of sp³-hybridized carbons (Fsp3) is 0.200. The van der Waals surface area contributed by atoms with Crippen molar-refractivity contribution < 1.29 is 19.8 Å². The van der Waals surface area contributed by atoms with Crippen LogP contribution in [0.25, 0.3) is 0 Å². The first-order valence-corrected chi connectivity index (χ1v) is 8.82. The van der Waals surface area contributed by atoms with Gasteiger partial charge in [-0.25, -0.2) is 10.9 Å². The summed E-state index contributed by atoms with van der Waals surface area (Å²) in [7, 11) is 0. The SMILES string of the molecule is O=C(NN=C1CCC(=NNC(=O)c2ccccc2O)CC1)c1ccccc1O. The van der Waals surface area contributed by atoms with Crippen molar-refractivity contribution in [1.82, 2.24) is 10.9 Å². The fourth-order valence-corrected chi connectivity index (χ4v) is 2.76. The van der Waals surface area contributed by atoms with Crippen LogP contribution in [0, 0.1) is 0 Å². The van der Waals surface area contributed by atoms with Gasteiger partial charge in [0.05, 0.1) is 11.1 Å². The van der Waals surface area contributed by atoms with Crippen LogP contribution in [-0.2, 0) is 0 Å². The van der Waals surface area contributed by atoms with E-state index in [9.17, 15) is 19.8 Å². The molecule has 4 N–H and O–H groups in total. The number of hydrogen-bond acceptors (Lipinski definition) is 6. The number of hydrogen-bond donors (Lipinski definition) is 4. The highest BCUT2D eigenvalue weighted by molar-refractivity contribution is 6.01. The quantitative estimate of drug-likeness (QED) is 0.609. The second kappa shape index (κ2) is 8.81. The molecular weight excluding hydrogens is 360 g/mol. The van der Waals surface area contributed by atoms with Crippen molar-refractivity contribution in [3.63, 3.8) is 0 Å². The molecule has 1 aliphatic rings. The highest BCUT2D eigenvalue weighted by atomic mass is 16.3. The molecule has 0 saturated heterocycles. The Balaban J connectivity index is 1.51. The number of carbonyl (C=O) groups excluding carboxylic acids is 2. The van der Waals surface area contributed by atoms with Gasteiger partial charge in [0.2, 0.25) is 0 Å². The summed E-state index contributed by atoms with van der Waals surface area (Å²) in [6.07, 6.45) is 2.41. The minimum atomic E-state index is -0.472. The van der Waals surface area contributed by atoms with Crippen LogP contribution in [0.5, 0.6) is 11.5 Å². The molecule has 1 aliphatic carbocycles. The summed E-state index contributed by atoms with van der Waals surface area (Å²) in [5, 5.41) is 27.6. The molecule has 144 valence electrons. The molecule has 0 heterocycles. The summed E-state index contributed by atoms with van der Waals surface area (Å²) in [6.45, 7) is 0. The topological polar surface area (TPSA) is 123 Å². The molecule has 0 spiro atoms. The van der Waals surface area contributed by atoms with Gasteiger partial charge in [-0.2, -0.15) is 10.2 Å². The summed E-state index contributed by atoms with van der Waals surface area (Å²) in [5.41, 5.74) is 6.86. The van der Waals surface area contributed by atoms with E-state index in [0.29, 0.717) is 25.7 Å². The number of para-hydroxylation sites is 2. The lowest BCUT2D eigenvalue weighted by Gasteiger charge is -2.15. The zero-order chi connectivity index (χ0) is 19.9. The monoisotopic (exact) mass is 380 g/mol. The molecule has 0 bridgehead atoms. The number of nitrogens with one attached hydrogen (secondary N) is 2. The Hall–Kier alpha value is -3.68. The summed E-state index contributed by atoms with van der Waals surface area (Å²) in [5.74, 6) is -1.14. The Labute approximate surface area is 161 Å². The Kier molecular flexibility index (Phi) is 6.01. The number of nitrogens with zero attached hydrogens (tertiary/aromatic N) is 2. The molecule has 1 fully saturated rings. The van der Waals surface area contributed by atoms with Gasteiger partial charge in [-0.15, -0.1) is 0 Å². The van der Waals surface area contributed by atoms with E-state index in [-0.39, 0.29) is 22.6 Å². The third-order valence-electron chi connectivity index (χ3n) is 4.33. The van der Waals surface area contributed by atoms with Crippen LogP contribution in [0.4, 0.5) is 0 Å². The number of phenols is 2. The molecule has 1 saturated carbocycles. The summed E-state index contributed by atoms with van der Waals surface area (Å²) in [4.78, 5) is 24.1. The lowest BCUT2D eigenvalue weighted by Crippen LogP contribution is -2.24. The van der Waals surface area contributed by atoms with Crippen molar-refractivity contribution in [3.8, 4) is 11.5 Å². The van der Waals surface area contributed by atoms with Crippen LogP contribution in [-0.4, -0.2) is 33.5 Å². The van der Waals surface area contributed by atoms with Gasteiger partial charge in [0.15, 0.2) is 0 Å². The summed E-state index contributed by atoms with van der Waals surface area (Å²) in [6, 6.07) is 12.5. The van der Waals surface area contributed by atoms with Crippen molar-refractivity contribution in [2.24, 2.45) is 10.2 Å². The second-order valence-electron chi connectivity index (χ2n) is 6.27. The molecule has 2 amide bonds. The molecule has 2 aromatic rings. The summed E-state index contributed by atoms with van der Waals surface area (Å²) < 4.78 is 0. The van der Waals surface area contributed by atoms with E-state index < -0.39 is 11.8 Å². The van der Waals surface area contributed by atoms with Crippen molar-refractivity contribution >= 4 is 23.2 Å². The predicted molar refractivity (Wildman–Crippen MR) is 104 cm³/mol. The number of benzene rings is 2. The number of hydrazone groups is 2. The van der Waals surface area contributed by atoms with Crippen LogP contribution in [0.2, 0.25) is 0 Å². The molecule has 0 radical (unpaired) electrons. The minimum absolute atomic E-state index is 0.0986. The molecular formula is C20H20N4O4. The van der Waals surface area contributed by atoms with Crippen LogP contribution in [0.15, 0.2) is 58.7 Å². The zero-order valence-electron chi connectivity index (χ0n) is 15.1. The lowest BCUT2D eigenvalue weighted by atomic mass is 9.97. The molecule has 3 rings (SSSR count). The molecule has 2 aromatic carbocycles. The maximum absolute atomic E-state index is 12.0. The van der Waals surface area contributed by atoms with Gasteiger partial charge >= 0.3 is 0 Å². The molecule has 0 atom stereocenters. The van der Waals surface area contributed by atoms with E-state index in [2.05, 4.69) is 21.1 Å². The Morgan fingerprint density at radius 3 is 1.39 bits per heavy atom. The van der Waals surface area contributed by atoms with Gasteiger partial charge in [-0.05, 0) is 49.9 Å². The van der Waals surface area contributed by atoms with Crippen LogP contribution in [0.1, 0.15) is 46.4 Å². The Bertz CT molecular complexity index is 863. The van der Waals surface area contributed by atoms with E-state index >= 15 is 0 Å². The average molecular weight is 380 g/mol. The summed E-state index contributed by atoms with van der Waals surface area (Å²) >= 11 is 0. The van der Waals surface area contributed by atoms with E-state index in [4.69, 9.17) is 0 Å². The van der Waals surface area contributed by atoms with Gasteiger partial charge in [0.25, 0.3) is 11.8 Å². The van der Waals surface area contributed by atoms with Crippen LogP contribution in [0.3, 0.4) is 0 Å². The van der Waals surface area contributed by atoms with Crippen molar-refractivity contribution in [2.45, 2.75) is 25.7 Å². The molecule has 8 nitrogen and oxygen atoms in total. The zero-order valence-corrected chi connectivity index (χ0v) is 15.1. The highest BCUT2D eigenvalue weighted by Gasteiger charge is 2.16. The maximum atomic E-state index is 12.0. The van der Waals surface area contributed by atoms with Crippen molar-refractivity contribution in [1.29, 1.82) is 0 Å². The maximum Gasteiger partial charge on any atom is 0.275 e. The molecule has 0 aliphatic heterocycles. The third kappa shape index (κ3) is 4.73. The number of aromatic hydroxyl groups is 2. The van der Waals surface area contributed by atoms with Gasteiger partial charge in [0.1, 0.15) is 11.5 Å². The fourth-order valence-electron chi connectivity index (χ4n) is 2.76. The molecule has 28 heavy (non-hydrogen) atoms. The Morgan fingerprint density at radius 1 is 0.679 bits per heavy atom. The molecule has 0 aromatic heterocycles. The first-order chi connectivity index (χ1) is 13.5. The normalized spacial score (nSPS) is 13.6. The number of phenolic OH excluding ortho intramolecular Hbond substituents is 2. The predicted octanol–water partition coefficient (Wildman–Crippen LogP) is 2.54. The third-order valence-corrected chi connectivity index (χ3v) is 4.33. The van der Waals surface area contributed by atoms with E-state index in [1.165, 1.54) is 24.3 Å². The standard InChI is InChI=1S/C20H20N4O4/c25-17-7-3-1-5-15(17)19(27)23-21-13-9-11-14(12-10-13)22-24-20(28)16-6-2-4-8-18(16)26/h1-8,25-26H,9-12H2,(H,23,27)(H,24,28). The average Bonchev–Trinajstić information content (AvgIpc) is 2.71. The van der Waals surface area contributed by atoms with E-state index in [0.717, 1.165) is 11.4 Å².